The maximum Gasteiger partial charge on any atom is 0.707 e. The summed E-state index contributed by atoms with van der Waals surface area (Å²) < 4.78 is 11.8. The van der Waals surface area contributed by atoms with Gasteiger partial charge in [0.2, 0.25) is 0 Å². The molecule has 6 nitrogen and oxygen atoms in total. The van der Waals surface area contributed by atoms with Gasteiger partial charge in [-0.3, -0.25) is 0 Å². The van der Waals surface area contributed by atoms with Gasteiger partial charge in [0.05, 0.1) is 12.4 Å². The standard InChI is InChI=1S/C8H13BN2O4/c12-9(13)15-7-5-10-11(6-7)8-3-1-2-4-14-8/h5-6,8,12-13H,1-4H2. The highest BCUT2D eigenvalue weighted by Gasteiger charge is 2.18. The predicted octanol–water partition coefficient (Wildman–Crippen LogP) is -0.0695. The van der Waals surface area contributed by atoms with Gasteiger partial charge in [0.1, 0.15) is 12.0 Å². The summed E-state index contributed by atoms with van der Waals surface area (Å²) in [7, 11) is -1.81. The van der Waals surface area contributed by atoms with Crippen LogP contribution >= 0.6 is 0 Å². The summed E-state index contributed by atoms with van der Waals surface area (Å²) >= 11 is 0. The lowest BCUT2D eigenvalue weighted by Gasteiger charge is -2.22. The molecule has 1 aliphatic heterocycles. The zero-order valence-electron chi connectivity index (χ0n) is 8.24. The van der Waals surface area contributed by atoms with Crippen LogP contribution in [-0.2, 0) is 4.74 Å². The van der Waals surface area contributed by atoms with Crippen LogP contribution < -0.4 is 4.65 Å². The molecule has 0 aliphatic carbocycles. The molecule has 1 atom stereocenters. The molecule has 0 aromatic carbocycles. The first-order chi connectivity index (χ1) is 7.25. The molecule has 0 radical (unpaired) electrons. The highest BCUT2D eigenvalue weighted by atomic mass is 16.6. The predicted molar refractivity (Wildman–Crippen MR) is 51.9 cm³/mol. The Hall–Kier alpha value is -1.05. The highest BCUT2D eigenvalue weighted by Crippen LogP contribution is 2.23. The molecule has 1 fully saturated rings. The van der Waals surface area contributed by atoms with E-state index >= 15 is 0 Å². The van der Waals surface area contributed by atoms with E-state index in [2.05, 4.69) is 9.75 Å². The van der Waals surface area contributed by atoms with Crippen LogP contribution in [0.3, 0.4) is 0 Å². The number of nitrogens with zero attached hydrogens (tertiary/aromatic N) is 2. The Labute approximate surface area is 87.6 Å². The van der Waals surface area contributed by atoms with Crippen LogP contribution in [0.25, 0.3) is 0 Å². The lowest BCUT2D eigenvalue weighted by Crippen LogP contribution is -2.20. The Kier molecular flexibility index (Phi) is 3.25. The molecule has 15 heavy (non-hydrogen) atoms. The van der Waals surface area contributed by atoms with E-state index in [0.29, 0.717) is 5.75 Å². The van der Waals surface area contributed by atoms with Crippen LogP contribution in [0.2, 0.25) is 0 Å². The van der Waals surface area contributed by atoms with Gasteiger partial charge in [-0.15, -0.1) is 0 Å². The third-order valence-electron chi connectivity index (χ3n) is 2.27. The van der Waals surface area contributed by atoms with Crippen LogP contribution in [0.4, 0.5) is 0 Å². The normalized spacial score (nSPS) is 21.3. The number of hydrogen-bond acceptors (Lipinski definition) is 5. The Morgan fingerprint density at radius 3 is 3.07 bits per heavy atom. The summed E-state index contributed by atoms with van der Waals surface area (Å²) in [4.78, 5) is 0. The van der Waals surface area contributed by atoms with Gasteiger partial charge >= 0.3 is 7.32 Å². The topological polar surface area (TPSA) is 76.7 Å². The van der Waals surface area contributed by atoms with Gasteiger partial charge in [-0.2, -0.15) is 5.10 Å². The minimum absolute atomic E-state index is 0.0630. The molecular weight excluding hydrogens is 199 g/mol. The van der Waals surface area contributed by atoms with Crippen LogP contribution in [0.15, 0.2) is 12.4 Å². The van der Waals surface area contributed by atoms with Crippen molar-refractivity contribution in [3.8, 4) is 5.75 Å². The lowest BCUT2D eigenvalue weighted by molar-refractivity contribution is -0.0395. The average Bonchev–Trinajstić information content (AvgIpc) is 2.67. The van der Waals surface area contributed by atoms with Crippen LogP contribution in [0.5, 0.6) is 5.75 Å². The quantitative estimate of drug-likeness (QED) is 0.685. The van der Waals surface area contributed by atoms with E-state index < -0.39 is 7.32 Å². The first-order valence-corrected chi connectivity index (χ1v) is 4.94. The molecule has 0 spiro atoms. The van der Waals surface area contributed by atoms with Gasteiger partial charge in [0, 0.05) is 6.61 Å². The SMILES string of the molecule is OB(O)Oc1cnn(C2CCCCO2)c1. The molecule has 2 rings (SSSR count). The second-order valence-electron chi connectivity index (χ2n) is 3.42. The first kappa shape index (κ1) is 10.5. The van der Waals surface area contributed by atoms with Crippen LogP contribution in [0.1, 0.15) is 25.5 Å². The Bertz CT molecular complexity index is 311. The van der Waals surface area contributed by atoms with Crippen molar-refractivity contribution in [2.45, 2.75) is 25.5 Å². The van der Waals surface area contributed by atoms with E-state index in [1.807, 2.05) is 0 Å². The maximum absolute atomic E-state index is 8.59. The molecule has 0 bridgehead atoms. The number of rotatable bonds is 3. The number of aromatic nitrogens is 2. The first-order valence-electron chi connectivity index (χ1n) is 4.94. The monoisotopic (exact) mass is 212 g/mol. The van der Waals surface area contributed by atoms with Crippen molar-refractivity contribution in [2.24, 2.45) is 0 Å². The number of hydrogen-bond donors (Lipinski definition) is 2. The molecule has 1 saturated heterocycles. The van der Waals surface area contributed by atoms with Gasteiger partial charge < -0.3 is 19.4 Å². The molecule has 82 valence electrons. The largest absolute Gasteiger partial charge is 0.707 e. The summed E-state index contributed by atoms with van der Waals surface area (Å²) in [6.07, 6.45) is 6.07. The second kappa shape index (κ2) is 4.65. The Morgan fingerprint density at radius 2 is 2.40 bits per heavy atom. The van der Waals surface area contributed by atoms with Crippen molar-refractivity contribution in [3.63, 3.8) is 0 Å². The average molecular weight is 212 g/mol. The molecule has 1 aromatic heterocycles. The molecule has 0 amide bonds. The van der Waals surface area contributed by atoms with E-state index in [-0.39, 0.29) is 6.23 Å². The number of ether oxygens (including phenoxy) is 1. The van der Waals surface area contributed by atoms with E-state index in [4.69, 9.17) is 14.8 Å². The summed E-state index contributed by atoms with van der Waals surface area (Å²) in [6.45, 7) is 0.739. The van der Waals surface area contributed by atoms with Crippen molar-refractivity contribution < 1.29 is 19.4 Å². The minimum atomic E-state index is -1.81. The Morgan fingerprint density at radius 1 is 1.53 bits per heavy atom. The van der Waals surface area contributed by atoms with Gasteiger partial charge in [-0.05, 0) is 19.3 Å². The van der Waals surface area contributed by atoms with Crippen molar-refractivity contribution in [2.75, 3.05) is 6.61 Å². The highest BCUT2D eigenvalue weighted by molar-refractivity contribution is 6.33. The van der Waals surface area contributed by atoms with E-state index in [9.17, 15) is 0 Å². The molecule has 1 aliphatic rings. The van der Waals surface area contributed by atoms with E-state index in [1.165, 1.54) is 6.20 Å². The van der Waals surface area contributed by atoms with Crippen molar-refractivity contribution in [1.82, 2.24) is 9.78 Å². The van der Waals surface area contributed by atoms with Crippen molar-refractivity contribution in [1.29, 1.82) is 0 Å². The van der Waals surface area contributed by atoms with Crippen LogP contribution in [0, 0.1) is 0 Å². The molecule has 1 unspecified atom stereocenters. The molecular formula is C8H13BN2O4. The fourth-order valence-electron chi connectivity index (χ4n) is 1.59. The fraction of sp³-hybridized carbons (Fsp3) is 0.625. The molecule has 2 heterocycles. The minimum Gasteiger partial charge on any atom is -0.509 e. The zero-order chi connectivity index (χ0) is 10.7. The van der Waals surface area contributed by atoms with Gasteiger partial charge in [0.25, 0.3) is 0 Å². The Balaban J connectivity index is 1.99. The molecule has 0 saturated carbocycles. The summed E-state index contributed by atoms with van der Waals surface area (Å²) in [5, 5.41) is 21.2. The van der Waals surface area contributed by atoms with Gasteiger partial charge in [0.15, 0.2) is 0 Å². The van der Waals surface area contributed by atoms with Crippen molar-refractivity contribution >= 4 is 7.32 Å². The molecule has 2 N–H and O–H groups in total. The maximum atomic E-state index is 8.59. The summed E-state index contributed by atoms with van der Waals surface area (Å²) in [5.74, 6) is 0.319. The second-order valence-corrected chi connectivity index (χ2v) is 3.42. The third-order valence-corrected chi connectivity index (χ3v) is 2.27. The molecule has 1 aromatic rings. The zero-order valence-corrected chi connectivity index (χ0v) is 8.24. The van der Waals surface area contributed by atoms with E-state index in [1.54, 1.807) is 10.9 Å². The van der Waals surface area contributed by atoms with Crippen molar-refractivity contribution in [3.05, 3.63) is 12.4 Å². The third kappa shape index (κ3) is 2.71. The summed E-state index contributed by atoms with van der Waals surface area (Å²) in [5.41, 5.74) is 0. The van der Waals surface area contributed by atoms with Crippen LogP contribution in [-0.4, -0.2) is 33.8 Å². The van der Waals surface area contributed by atoms with Gasteiger partial charge in [-0.25, -0.2) is 4.68 Å². The molecule has 7 heteroatoms. The fourth-order valence-corrected chi connectivity index (χ4v) is 1.59. The van der Waals surface area contributed by atoms with Gasteiger partial charge in [-0.1, -0.05) is 0 Å². The smallest absolute Gasteiger partial charge is 0.509 e. The summed E-state index contributed by atoms with van der Waals surface area (Å²) in [6, 6.07) is 0. The lowest BCUT2D eigenvalue weighted by atomic mass is 10.2. The van der Waals surface area contributed by atoms with E-state index in [0.717, 1.165) is 25.9 Å².